The van der Waals surface area contributed by atoms with Gasteiger partial charge in [-0.3, -0.25) is 4.79 Å². The standard InChI is InChI=1S/C19H17F2N3O3S/c20-12-4-5-17(14(21)9-12)26-11-13-10-15(23-27-13)19(25)24-7-2-1-3-16(24)18-22-6-8-28-18/h4-6,8-10,16H,1-3,7,11H2. The van der Waals surface area contributed by atoms with Crippen molar-refractivity contribution in [1.29, 1.82) is 0 Å². The topological polar surface area (TPSA) is 68.5 Å². The van der Waals surface area contributed by atoms with E-state index in [1.165, 1.54) is 23.5 Å². The van der Waals surface area contributed by atoms with Crippen molar-refractivity contribution in [1.82, 2.24) is 15.0 Å². The number of amides is 1. The number of ether oxygens (including phenoxy) is 1. The molecule has 4 rings (SSSR count). The van der Waals surface area contributed by atoms with Crippen LogP contribution in [0.2, 0.25) is 0 Å². The molecule has 1 aliphatic heterocycles. The molecule has 3 aromatic rings. The predicted molar refractivity (Wildman–Crippen MR) is 96.9 cm³/mol. The van der Waals surface area contributed by atoms with Crippen LogP contribution in [0.1, 0.15) is 46.6 Å². The number of nitrogens with zero attached hydrogens (tertiary/aromatic N) is 3. The maximum Gasteiger partial charge on any atom is 0.276 e. The third-order valence-corrected chi connectivity index (χ3v) is 5.42. The number of piperidine rings is 1. The van der Waals surface area contributed by atoms with Gasteiger partial charge in [0, 0.05) is 30.3 Å². The smallest absolute Gasteiger partial charge is 0.276 e. The Hall–Kier alpha value is -2.81. The molecule has 6 nitrogen and oxygen atoms in total. The zero-order valence-electron chi connectivity index (χ0n) is 14.8. The van der Waals surface area contributed by atoms with Crippen LogP contribution in [0.15, 0.2) is 40.4 Å². The maximum atomic E-state index is 13.6. The Kier molecular flexibility index (Phi) is 5.34. The molecule has 28 heavy (non-hydrogen) atoms. The largest absolute Gasteiger partial charge is 0.482 e. The molecule has 1 aromatic carbocycles. The molecule has 1 saturated heterocycles. The molecular formula is C19H17F2N3O3S. The summed E-state index contributed by atoms with van der Waals surface area (Å²) in [7, 11) is 0. The van der Waals surface area contributed by atoms with Crippen LogP contribution < -0.4 is 4.74 Å². The first kappa shape index (κ1) is 18.5. The highest BCUT2D eigenvalue weighted by Crippen LogP contribution is 2.33. The summed E-state index contributed by atoms with van der Waals surface area (Å²) in [6.45, 7) is 0.501. The van der Waals surface area contributed by atoms with Crippen LogP contribution in [0.4, 0.5) is 8.78 Å². The van der Waals surface area contributed by atoms with Crippen LogP contribution in [0.5, 0.6) is 5.75 Å². The first-order chi connectivity index (χ1) is 13.6. The molecule has 1 atom stereocenters. The molecule has 0 spiro atoms. The fourth-order valence-corrected chi connectivity index (χ4v) is 3.99. The van der Waals surface area contributed by atoms with Crippen molar-refractivity contribution in [3.05, 3.63) is 63.9 Å². The van der Waals surface area contributed by atoms with Gasteiger partial charge < -0.3 is 14.2 Å². The molecule has 1 amide bonds. The third-order valence-electron chi connectivity index (χ3n) is 4.54. The minimum absolute atomic E-state index is 0.0639. The van der Waals surface area contributed by atoms with Crippen LogP contribution in [-0.4, -0.2) is 27.5 Å². The van der Waals surface area contributed by atoms with Crippen molar-refractivity contribution in [3.63, 3.8) is 0 Å². The van der Waals surface area contributed by atoms with Crippen molar-refractivity contribution < 1.29 is 22.8 Å². The lowest BCUT2D eigenvalue weighted by atomic mass is 10.0. The highest BCUT2D eigenvalue weighted by Gasteiger charge is 2.31. The van der Waals surface area contributed by atoms with E-state index in [2.05, 4.69) is 10.1 Å². The van der Waals surface area contributed by atoms with Crippen molar-refractivity contribution in [2.45, 2.75) is 31.9 Å². The second kappa shape index (κ2) is 8.05. The molecule has 2 aromatic heterocycles. The molecule has 1 fully saturated rings. The van der Waals surface area contributed by atoms with E-state index >= 15 is 0 Å². The summed E-state index contributed by atoms with van der Waals surface area (Å²) < 4.78 is 37.0. The van der Waals surface area contributed by atoms with E-state index < -0.39 is 11.6 Å². The van der Waals surface area contributed by atoms with Crippen LogP contribution in [0.3, 0.4) is 0 Å². The summed E-state index contributed by atoms with van der Waals surface area (Å²) in [5.74, 6) is -1.56. The van der Waals surface area contributed by atoms with Crippen molar-refractivity contribution in [2.75, 3.05) is 6.54 Å². The van der Waals surface area contributed by atoms with Gasteiger partial charge in [0.25, 0.3) is 5.91 Å². The number of halogens is 2. The Balaban J connectivity index is 1.45. The number of carbonyl (C=O) groups is 1. The highest BCUT2D eigenvalue weighted by molar-refractivity contribution is 7.09. The maximum absolute atomic E-state index is 13.6. The Morgan fingerprint density at radius 1 is 1.32 bits per heavy atom. The van der Waals surface area contributed by atoms with E-state index in [0.29, 0.717) is 6.54 Å². The minimum atomic E-state index is -0.810. The van der Waals surface area contributed by atoms with Gasteiger partial charge in [-0.05, 0) is 31.4 Å². The second-order valence-electron chi connectivity index (χ2n) is 6.42. The minimum Gasteiger partial charge on any atom is -0.482 e. The van der Waals surface area contributed by atoms with Gasteiger partial charge in [0.05, 0.1) is 6.04 Å². The molecule has 0 N–H and O–H groups in total. The van der Waals surface area contributed by atoms with Gasteiger partial charge in [0.1, 0.15) is 17.4 Å². The highest BCUT2D eigenvalue weighted by atomic mass is 32.1. The Morgan fingerprint density at radius 3 is 3.00 bits per heavy atom. The summed E-state index contributed by atoms with van der Waals surface area (Å²) >= 11 is 1.53. The van der Waals surface area contributed by atoms with Gasteiger partial charge in [0.15, 0.2) is 23.0 Å². The molecule has 3 heterocycles. The molecule has 0 saturated carbocycles. The van der Waals surface area contributed by atoms with E-state index in [9.17, 15) is 13.6 Å². The van der Waals surface area contributed by atoms with Gasteiger partial charge in [-0.1, -0.05) is 5.16 Å². The number of hydrogen-bond donors (Lipinski definition) is 0. The Labute approximate surface area is 163 Å². The van der Waals surface area contributed by atoms with Crippen molar-refractivity contribution in [3.8, 4) is 5.75 Å². The van der Waals surface area contributed by atoms with Crippen LogP contribution in [-0.2, 0) is 6.61 Å². The zero-order valence-corrected chi connectivity index (χ0v) is 15.6. The Morgan fingerprint density at radius 2 is 2.21 bits per heavy atom. The normalized spacial score (nSPS) is 16.9. The number of carbonyl (C=O) groups excluding carboxylic acids is 1. The van der Waals surface area contributed by atoms with Gasteiger partial charge in [-0.15, -0.1) is 11.3 Å². The van der Waals surface area contributed by atoms with E-state index in [1.807, 2.05) is 5.38 Å². The van der Waals surface area contributed by atoms with E-state index in [0.717, 1.165) is 36.4 Å². The van der Waals surface area contributed by atoms with Gasteiger partial charge in [-0.2, -0.15) is 0 Å². The first-order valence-electron chi connectivity index (χ1n) is 8.85. The fourth-order valence-electron chi connectivity index (χ4n) is 3.20. The average molecular weight is 405 g/mol. The summed E-state index contributed by atoms with van der Waals surface area (Å²) in [5.41, 5.74) is 0.168. The molecule has 146 valence electrons. The average Bonchev–Trinajstić information content (AvgIpc) is 3.39. The molecule has 1 aliphatic rings. The van der Waals surface area contributed by atoms with E-state index in [-0.39, 0.29) is 35.8 Å². The molecule has 1 unspecified atom stereocenters. The van der Waals surface area contributed by atoms with Gasteiger partial charge >= 0.3 is 0 Å². The van der Waals surface area contributed by atoms with Gasteiger partial charge in [-0.25, -0.2) is 13.8 Å². The SMILES string of the molecule is O=C(c1cc(COc2ccc(F)cc2F)on1)N1CCCCC1c1nccs1. The number of aromatic nitrogens is 2. The summed E-state index contributed by atoms with van der Waals surface area (Å²) in [6.07, 6.45) is 4.55. The molecule has 0 aliphatic carbocycles. The van der Waals surface area contributed by atoms with Crippen molar-refractivity contribution >= 4 is 17.2 Å². The fraction of sp³-hybridized carbons (Fsp3) is 0.316. The quantitative estimate of drug-likeness (QED) is 0.631. The monoisotopic (exact) mass is 405 g/mol. The summed E-state index contributed by atoms with van der Waals surface area (Å²) in [6, 6.07) is 4.45. The van der Waals surface area contributed by atoms with Crippen LogP contribution >= 0.6 is 11.3 Å². The number of benzene rings is 1. The summed E-state index contributed by atoms with van der Waals surface area (Å²) in [4.78, 5) is 19.0. The zero-order chi connectivity index (χ0) is 19.5. The first-order valence-corrected chi connectivity index (χ1v) is 9.73. The van der Waals surface area contributed by atoms with E-state index in [1.54, 1.807) is 11.1 Å². The van der Waals surface area contributed by atoms with Crippen molar-refractivity contribution in [2.24, 2.45) is 0 Å². The lowest BCUT2D eigenvalue weighted by molar-refractivity contribution is 0.0600. The summed E-state index contributed by atoms with van der Waals surface area (Å²) in [5, 5.41) is 6.64. The molecule has 0 radical (unpaired) electrons. The molecule has 0 bridgehead atoms. The number of thiazole rings is 1. The van der Waals surface area contributed by atoms with E-state index in [4.69, 9.17) is 9.26 Å². The lowest BCUT2D eigenvalue weighted by Crippen LogP contribution is -2.38. The molecular weight excluding hydrogens is 388 g/mol. The van der Waals surface area contributed by atoms with Crippen LogP contribution in [0, 0.1) is 11.6 Å². The number of hydrogen-bond acceptors (Lipinski definition) is 6. The predicted octanol–water partition coefficient (Wildman–Crippen LogP) is 4.36. The van der Waals surface area contributed by atoms with Gasteiger partial charge in [0.2, 0.25) is 0 Å². The third kappa shape index (κ3) is 3.89. The molecule has 9 heteroatoms. The lowest BCUT2D eigenvalue weighted by Gasteiger charge is -2.33. The van der Waals surface area contributed by atoms with Crippen LogP contribution in [0.25, 0.3) is 0 Å². The number of likely N-dealkylation sites (tertiary alicyclic amines) is 1. The Bertz CT molecular complexity index is 961. The second-order valence-corrected chi connectivity index (χ2v) is 7.35. The number of rotatable bonds is 5.